The quantitative estimate of drug-likeness (QED) is 0.564. The van der Waals surface area contributed by atoms with Crippen molar-refractivity contribution in [2.75, 3.05) is 32.1 Å². The highest BCUT2D eigenvalue weighted by Gasteiger charge is 2.26. The van der Waals surface area contributed by atoms with Crippen LogP contribution >= 0.6 is 11.8 Å². The average molecular weight is 226 g/mol. The summed E-state index contributed by atoms with van der Waals surface area (Å²) in [5, 5.41) is 3.44. The van der Waals surface area contributed by atoms with Crippen LogP contribution in [0.5, 0.6) is 0 Å². The fourth-order valence-electron chi connectivity index (χ4n) is 2.08. The zero-order chi connectivity index (χ0) is 11.1. The Morgan fingerprint density at radius 1 is 1.67 bits per heavy atom. The maximum absolute atomic E-state index is 5.28. The second kappa shape index (κ2) is 7.16. The number of hydrogen-bond donors (Lipinski definition) is 1. The van der Waals surface area contributed by atoms with E-state index in [1.54, 1.807) is 0 Å². The van der Waals surface area contributed by atoms with Gasteiger partial charge in [0.05, 0.1) is 0 Å². The maximum atomic E-state index is 5.28. The van der Waals surface area contributed by atoms with E-state index in [0.29, 0.717) is 12.1 Å². The van der Waals surface area contributed by atoms with Gasteiger partial charge in [0.15, 0.2) is 0 Å². The molecule has 0 aliphatic carbocycles. The molecular weight excluding hydrogens is 204 g/mol. The van der Waals surface area contributed by atoms with Gasteiger partial charge in [-0.25, -0.2) is 0 Å². The summed E-state index contributed by atoms with van der Waals surface area (Å²) < 4.78 is 0. The summed E-state index contributed by atoms with van der Waals surface area (Å²) in [4.78, 5) is 2.48. The van der Waals surface area contributed by atoms with Gasteiger partial charge in [0.1, 0.15) is 0 Å². The molecule has 0 spiro atoms. The number of thioether (sulfide) groups is 1. The molecule has 0 amide bonds. The summed E-state index contributed by atoms with van der Waals surface area (Å²) in [6.07, 6.45) is 8.51. The van der Waals surface area contributed by atoms with E-state index >= 15 is 0 Å². The molecule has 0 saturated carbocycles. The van der Waals surface area contributed by atoms with Gasteiger partial charge in [-0.2, -0.15) is 11.8 Å². The van der Waals surface area contributed by atoms with Gasteiger partial charge in [0, 0.05) is 36.6 Å². The Labute approximate surface area is 98.2 Å². The van der Waals surface area contributed by atoms with Crippen molar-refractivity contribution in [2.45, 2.75) is 31.3 Å². The van der Waals surface area contributed by atoms with Gasteiger partial charge in [0.25, 0.3) is 0 Å². The Bertz CT molecular complexity index is 212. The predicted octanol–water partition coefficient (Wildman–Crippen LogP) is 1.43. The molecule has 1 heterocycles. The van der Waals surface area contributed by atoms with Crippen LogP contribution in [0, 0.1) is 12.3 Å². The number of nitrogens with zero attached hydrogens (tertiary/aromatic N) is 1. The topological polar surface area (TPSA) is 15.3 Å². The van der Waals surface area contributed by atoms with E-state index in [4.69, 9.17) is 6.42 Å². The first-order valence-corrected chi connectivity index (χ1v) is 6.83. The van der Waals surface area contributed by atoms with Crippen LogP contribution in [0.1, 0.15) is 19.3 Å². The van der Waals surface area contributed by atoms with Crippen molar-refractivity contribution < 1.29 is 0 Å². The average Bonchev–Trinajstić information content (AvgIpc) is 2.26. The third kappa shape index (κ3) is 4.06. The molecule has 1 rings (SSSR count). The van der Waals surface area contributed by atoms with Crippen molar-refractivity contribution in [2.24, 2.45) is 0 Å². The molecule has 0 bridgehead atoms. The Kier molecular flexibility index (Phi) is 6.16. The lowest BCUT2D eigenvalue weighted by Gasteiger charge is -2.37. The van der Waals surface area contributed by atoms with Crippen LogP contribution in [0.3, 0.4) is 0 Å². The van der Waals surface area contributed by atoms with Crippen LogP contribution in [-0.2, 0) is 0 Å². The molecule has 3 heteroatoms. The van der Waals surface area contributed by atoms with Crippen molar-refractivity contribution in [1.29, 1.82) is 0 Å². The van der Waals surface area contributed by atoms with E-state index in [-0.39, 0.29) is 0 Å². The standard InChI is InChI=1S/C12H22N2S/c1-4-5-6-7-11(13-2)12-10-15-9-8-14(12)3/h1,11-13H,5-10H2,2-3H3. The normalized spacial score (nSPS) is 24.7. The van der Waals surface area contributed by atoms with Gasteiger partial charge in [-0.3, -0.25) is 0 Å². The molecule has 1 N–H and O–H groups in total. The smallest absolute Gasteiger partial charge is 0.0337 e. The number of likely N-dealkylation sites (N-methyl/N-ethyl adjacent to an activating group) is 2. The van der Waals surface area contributed by atoms with Crippen LogP contribution < -0.4 is 5.32 Å². The number of terminal acetylenes is 1. The Morgan fingerprint density at radius 3 is 3.07 bits per heavy atom. The Morgan fingerprint density at radius 2 is 2.47 bits per heavy atom. The molecule has 0 aromatic rings. The third-order valence-corrected chi connectivity index (χ3v) is 4.16. The first kappa shape index (κ1) is 12.9. The minimum atomic E-state index is 0.594. The number of hydrogen-bond acceptors (Lipinski definition) is 3. The molecule has 0 aromatic heterocycles. The molecule has 1 aliphatic rings. The summed E-state index contributed by atoms with van der Waals surface area (Å²) in [5.74, 6) is 5.23. The SMILES string of the molecule is C#CCCCC(NC)C1CSCCN1C. The second-order valence-corrected chi connectivity index (χ2v) is 5.26. The molecule has 1 fully saturated rings. The lowest BCUT2D eigenvalue weighted by atomic mass is 10.0. The zero-order valence-corrected chi connectivity index (χ0v) is 10.6. The van der Waals surface area contributed by atoms with Gasteiger partial charge in [-0.05, 0) is 26.9 Å². The summed E-state index contributed by atoms with van der Waals surface area (Å²) >= 11 is 2.07. The van der Waals surface area contributed by atoms with Crippen molar-refractivity contribution >= 4 is 11.8 Å². The minimum absolute atomic E-state index is 0.594. The first-order valence-electron chi connectivity index (χ1n) is 5.68. The van der Waals surface area contributed by atoms with Crippen LogP contribution in [0.4, 0.5) is 0 Å². The van der Waals surface area contributed by atoms with Crippen LogP contribution in [0.2, 0.25) is 0 Å². The van der Waals surface area contributed by atoms with E-state index in [1.807, 2.05) is 0 Å². The van der Waals surface area contributed by atoms with E-state index < -0.39 is 0 Å². The molecule has 15 heavy (non-hydrogen) atoms. The number of rotatable bonds is 5. The van der Waals surface area contributed by atoms with Crippen molar-refractivity contribution in [3.8, 4) is 12.3 Å². The summed E-state index contributed by atoms with van der Waals surface area (Å²) in [6, 6.07) is 1.27. The van der Waals surface area contributed by atoms with Crippen LogP contribution in [0.25, 0.3) is 0 Å². The molecular formula is C12H22N2S. The molecule has 2 atom stereocenters. The molecule has 2 unspecified atom stereocenters. The van der Waals surface area contributed by atoms with E-state index in [0.717, 1.165) is 12.8 Å². The van der Waals surface area contributed by atoms with Gasteiger partial charge < -0.3 is 10.2 Å². The van der Waals surface area contributed by atoms with Gasteiger partial charge in [-0.1, -0.05) is 0 Å². The molecule has 0 aromatic carbocycles. The fraction of sp³-hybridized carbons (Fsp3) is 0.833. The highest BCUT2D eigenvalue weighted by Crippen LogP contribution is 2.19. The van der Waals surface area contributed by atoms with Crippen molar-refractivity contribution in [3.05, 3.63) is 0 Å². The Balaban J connectivity index is 2.38. The van der Waals surface area contributed by atoms with Crippen LogP contribution in [0.15, 0.2) is 0 Å². The number of unbranched alkanes of at least 4 members (excludes halogenated alkanes) is 1. The molecule has 86 valence electrons. The van der Waals surface area contributed by atoms with Crippen LogP contribution in [-0.4, -0.2) is 49.1 Å². The highest BCUT2D eigenvalue weighted by atomic mass is 32.2. The predicted molar refractivity (Wildman–Crippen MR) is 69.3 cm³/mol. The first-order chi connectivity index (χ1) is 7.29. The van der Waals surface area contributed by atoms with Gasteiger partial charge >= 0.3 is 0 Å². The molecule has 1 saturated heterocycles. The highest BCUT2D eigenvalue weighted by molar-refractivity contribution is 7.99. The lowest BCUT2D eigenvalue weighted by molar-refractivity contribution is 0.212. The lowest BCUT2D eigenvalue weighted by Crippen LogP contribution is -2.51. The largest absolute Gasteiger partial charge is 0.315 e. The van der Waals surface area contributed by atoms with Crippen molar-refractivity contribution in [3.63, 3.8) is 0 Å². The zero-order valence-electron chi connectivity index (χ0n) is 9.83. The minimum Gasteiger partial charge on any atom is -0.315 e. The van der Waals surface area contributed by atoms with E-state index in [2.05, 4.69) is 42.0 Å². The van der Waals surface area contributed by atoms with Crippen molar-refractivity contribution in [1.82, 2.24) is 10.2 Å². The monoisotopic (exact) mass is 226 g/mol. The summed E-state index contributed by atoms with van der Waals surface area (Å²) in [7, 11) is 4.30. The molecule has 0 radical (unpaired) electrons. The second-order valence-electron chi connectivity index (χ2n) is 4.11. The molecule has 2 nitrogen and oxygen atoms in total. The van der Waals surface area contributed by atoms with Gasteiger partial charge in [0.2, 0.25) is 0 Å². The third-order valence-electron chi connectivity index (χ3n) is 3.11. The maximum Gasteiger partial charge on any atom is 0.0337 e. The summed E-state index contributed by atoms with van der Waals surface area (Å²) in [6.45, 7) is 1.21. The Hall–Kier alpha value is -0.170. The van der Waals surface area contributed by atoms with E-state index in [1.165, 1.54) is 24.5 Å². The summed E-state index contributed by atoms with van der Waals surface area (Å²) in [5.41, 5.74) is 0. The fourth-order valence-corrected chi connectivity index (χ4v) is 3.39. The van der Waals surface area contributed by atoms with Gasteiger partial charge in [-0.15, -0.1) is 12.3 Å². The molecule has 1 aliphatic heterocycles. The number of nitrogens with one attached hydrogen (secondary N) is 1. The van der Waals surface area contributed by atoms with E-state index in [9.17, 15) is 0 Å².